The summed E-state index contributed by atoms with van der Waals surface area (Å²) in [5.41, 5.74) is 3.20. The van der Waals surface area contributed by atoms with Gasteiger partial charge in [-0.05, 0) is 25.0 Å². The standard InChI is InChI=1S/C14H18O/c1-11(2)9-14(15)10-12(3)13-7-5-4-6-8-13/h4-9,14-15H,3,10H2,1-2H3. The molecule has 0 saturated heterocycles. The maximum absolute atomic E-state index is 9.71. The van der Waals surface area contributed by atoms with E-state index in [9.17, 15) is 5.11 Å². The van der Waals surface area contributed by atoms with Crippen molar-refractivity contribution in [1.29, 1.82) is 0 Å². The van der Waals surface area contributed by atoms with E-state index in [1.165, 1.54) is 0 Å². The number of benzene rings is 1. The second-order valence-electron chi connectivity index (χ2n) is 3.99. The Morgan fingerprint density at radius 2 is 1.93 bits per heavy atom. The van der Waals surface area contributed by atoms with Gasteiger partial charge in [-0.15, -0.1) is 0 Å². The topological polar surface area (TPSA) is 20.2 Å². The zero-order chi connectivity index (χ0) is 11.3. The third-order valence-electron chi connectivity index (χ3n) is 2.16. The zero-order valence-corrected chi connectivity index (χ0v) is 9.40. The van der Waals surface area contributed by atoms with Crippen LogP contribution in [0.15, 0.2) is 48.6 Å². The lowest BCUT2D eigenvalue weighted by Gasteiger charge is -2.09. The van der Waals surface area contributed by atoms with Gasteiger partial charge < -0.3 is 5.11 Å². The second kappa shape index (κ2) is 5.52. The first-order valence-corrected chi connectivity index (χ1v) is 5.16. The van der Waals surface area contributed by atoms with Gasteiger partial charge >= 0.3 is 0 Å². The van der Waals surface area contributed by atoms with Crippen LogP contribution in [0.4, 0.5) is 0 Å². The maximum Gasteiger partial charge on any atom is 0.0763 e. The highest BCUT2D eigenvalue weighted by atomic mass is 16.3. The monoisotopic (exact) mass is 202 g/mol. The van der Waals surface area contributed by atoms with E-state index in [1.807, 2.05) is 50.3 Å². The highest BCUT2D eigenvalue weighted by Gasteiger charge is 2.04. The molecular weight excluding hydrogens is 184 g/mol. The molecule has 1 aromatic carbocycles. The number of hydrogen-bond donors (Lipinski definition) is 1. The largest absolute Gasteiger partial charge is 0.389 e. The highest BCUT2D eigenvalue weighted by Crippen LogP contribution is 2.18. The van der Waals surface area contributed by atoms with Gasteiger partial charge in [0, 0.05) is 6.42 Å². The van der Waals surface area contributed by atoms with Crippen LogP contribution in [0.5, 0.6) is 0 Å². The smallest absolute Gasteiger partial charge is 0.0763 e. The average molecular weight is 202 g/mol. The van der Waals surface area contributed by atoms with Gasteiger partial charge in [0.15, 0.2) is 0 Å². The number of aliphatic hydroxyl groups is 1. The molecule has 1 aromatic rings. The van der Waals surface area contributed by atoms with Crippen molar-refractivity contribution in [2.45, 2.75) is 26.4 Å². The van der Waals surface area contributed by atoms with E-state index in [0.717, 1.165) is 16.7 Å². The normalized spacial score (nSPS) is 11.9. The van der Waals surface area contributed by atoms with Crippen molar-refractivity contribution in [2.24, 2.45) is 0 Å². The Kier molecular flexibility index (Phi) is 4.32. The number of aliphatic hydroxyl groups excluding tert-OH is 1. The lowest BCUT2D eigenvalue weighted by molar-refractivity contribution is 0.228. The summed E-state index contributed by atoms with van der Waals surface area (Å²) in [5.74, 6) is 0. The Morgan fingerprint density at radius 1 is 1.33 bits per heavy atom. The maximum atomic E-state index is 9.71. The quantitative estimate of drug-likeness (QED) is 0.742. The van der Waals surface area contributed by atoms with Gasteiger partial charge in [0.25, 0.3) is 0 Å². The molecule has 1 nitrogen and oxygen atoms in total. The van der Waals surface area contributed by atoms with E-state index in [1.54, 1.807) is 0 Å². The number of rotatable bonds is 4. The van der Waals surface area contributed by atoms with Crippen molar-refractivity contribution in [1.82, 2.24) is 0 Å². The van der Waals surface area contributed by atoms with Crippen molar-refractivity contribution in [3.63, 3.8) is 0 Å². The molecule has 15 heavy (non-hydrogen) atoms. The summed E-state index contributed by atoms with van der Waals surface area (Å²) in [7, 11) is 0. The lowest BCUT2D eigenvalue weighted by atomic mass is 10.0. The summed E-state index contributed by atoms with van der Waals surface area (Å²) < 4.78 is 0. The summed E-state index contributed by atoms with van der Waals surface area (Å²) in [6, 6.07) is 9.96. The summed E-state index contributed by atoms with van der Waals surface area (Å²) in [6.07, 6.45) is 2.02. The molecule has 0 fully saturated rings. The molecule has 0 spiro atoms. The summed E-state index contributed by atoms with van der Waals surface area (Å²) in [6.45, 7) is 7.94. The summed E-state index contributed by atoms with van der Waals surface area (Å²) >= 11 is 0. The third kappa shape index (κ3) is 4.13. The molecule has 0 radical (unpaired) electrons. The summed E-state index contributed by atoms with van der Waals surface area (Å²) in [5, 5.41) is 9.71. The third-order valence-corrected chi connectivity index (χ3v) is 2.16. The first kappa shape index (κ1) is 11.7. The van der Waals surface area contributed by atoms with E-state index in [-0.39, 0.29) is 0 Å². The van der Waals surface area contributed by atoms with Crippen LogP contribution in [0, 0.1) is 0 Å². The van der Waals surface area contributed by atoms with Gasteiger partial charge in [0.05, 0.1) is 6.10 Å². The molecule has 80 valence electrons. The van der Waals surface area contributed by atoms with Crippen LogP contribution in [0.1, 0.15) is 25.8 Å². The fourth-order valence-electron chi connectivity index (χ4n) is 1.49. The van der Waals surface area contributed by atoms with E-state index in [2.05, 4.69) is 6.58 Å². The molecule has 0 heterocycles. The Bertz CT molecular complexity index is 345. The zero-order valence-electron chi connectivity index (χ0n) is 9.40. The van der Waals surface area contributed by atoms with Gasteiger partial charge in [0.2, 0.25) is 0 Å². The molecule has 0 aliphatic heterocycles. The first-order valence-electron chi connectivity index (χ1n) is 5.16. The van der Waals surface area contributed by atoms with Crippen LogP contribution in [-0.2, 0) is 0 Å². The van der Waals surface area contributed by atoms with Crippen LogP contribution in [0.3, 0.4) is 0 Å². The molecule has 0 amide bonds. The Labute approximate surface area is 91.8 Å². The Morgan fingerprint density at radius 3 is 2.47 bits per heavy atom. The minimum absolute atomic E-state index is 0.428. The van der Waals surface area contributed by atoms with Crippen LogP contribution in [0.2, 0.25) is 0 Å². The number of allylic oxidation sites excluding steroid dienone is 1. The van der Waals surface area contributed by atoms with Gasteiger partial charge in [0.1, 0.15) is 0 Å². The van der Waals surface area contributed by atoms with E-state index in [4.69, 9.17) is 0 Å². The molecule has 0 bridgehead atoms. The van der Waals surface area contributed by atoms with Crippen molar-refractivity contribution in [2.75, 3.05) is 0 Å². The predicted molar refractivity (Wildman–Crippen MR) is 65.5 cm³/mol. The van der Waals surface area contributed by atoms with Gasteiger partial charge in [-0.1, -0.05) is 48.6 Å². The van der Waals surface area contributed by atoms with E-state index < -0.39 is 6.10 Å². The Balaban J connectivity index is 2.61. The SMILES string of the molecule is C=C(CC(O)C=C(C)C)c1ccccc1. The van der Waals surface area contributed by atoms with Crippen LogP contribution in [-0.4, -0.2) is 11.2 Å². The average Bonchev–Trinajstić information content (AvgIpc) is 2.17. The molecule has 0 aliphatic rings. The Hall–Kier alpha value is -1.34. The van der Waals surface area contributed by atoms with Gasteiger partial charge in [-0.3, -0.25) is 0 Å². The minimum atomic E-state index is -0.428. The molecule has 1 unspecified atom stereocenters. The van der Waals surface area contributed by atoms with Crippen molar-refractivity contribution in [3.05, 3.63) is 54.1 Å². The van der Waals surface area contributed by atoms with Gasteiger partial charge in [-0.2, -0.15) is 0 Å². The van der Waals surface area contributed by atoms with Crippen LogP contribution < -0.4 is 0 Å². The fourth-order valence-corrected chi connectivity index (χ4v) is 1.49. The molecular formula is C14H18O. The minimum Gasteiger partial charge on any atom is -0.389 e. The summed E-state index contributed by atoms with van der Waals surface area (Å²) in [4.78, 5) is 0. The van der Waals surface area contributed by atoms with E-state index >= 15 is 0 Å². The molecule has 1 atom stereocenters. The molecule has 1 rings (SSSR count). The molecule has 0 saturated carbocycles. The van der Waals surface area contributed by atoms with Crippen molar-refractivity contribution >= 4 is 5.57 Å². The lowest BCUT2D eigenvalue weighted by Crippen LogP contribution is -2.03. The molecule has 0 aliphatic carbocycles. The highest BCUT2D eigenvalue weighted by molar-refractivity contribution is 5.63. The van der Waals surface area contributed by atoms with Crippen molar-refractivity contribution in [3.8, 4) is 0 Å². The number of hydrogen-bond acceptors (Lipinski definition) is 1. The van der Waals surface area contributed by atoms with Crippen LogP contribution in [0.25, 0.3) is 5.57 Å². The van der Waals surface area contributed by atoms with E-state index in [0.29, 0.717) is 6.42 Å². The predicted octanol–water partition coefficient (Wildman–Crippen LogP) is 3.42. The molecule has 0 aromatic heterocycles. The molecule has 1 heteroatoms. The molecule has 1 N–H and O–H groups in total. The van der Waals surface area contributed by atoms with Gasteiger partial charge in [-0.25, -0.2) is 0 Å². The first-order chi connectivity index (χ1) is 7.09. The van der Waals surface area contributed by atoms with Crippen molar-refractivity contribution < 1.29 is 5.11 Å². The fraction of sp³-hybridized carbons (Fsp3) is 0.286. The second-order valence-corrected chi connectivity index (χ2v) is 3.99. The van der Waals surface area contributed by atoms with Crippen LogP contribution >= 0.6 is 0 Å².